The SMILES string of the molecule is C=CC(Cc1ccc(OC)cc1)c1ccccc1. The Hall–Kier alpha value is -2.02. The fourth-order valence-electron chi connectivity index (χ4n) is 2.05. The molecule has 1 heteroatoms. The molecule has 0 radical (unpaired) electrons. The molecule has 1 unspecified atom stereocenters. The molecule has 2 aromatic rings. The Bertz CT molecular complexity index is 485. The Morgan fingerprint density at radius 3 is 2.28 bits per heavy atom. The molecule has 0 heterocycles. The molecule has 92 valence electrons. The second kappa shape index (κ2) is 6.06. The first-order valence-corrected chi connectivity index (χ1v) is 6.14. The molecule has 0 amide bonds. The van der Waals surface area contributed by atoms with Crippen LogP contribution < -0.4 is 4.74 Å². The normalized spacial score (nSPS) is 11.8. The first kappa shape index (κ1) is 12.4. The van der Waals surface area contributed by atoms with Gasteiger partial charge in [0.25, 0.3) is 0 Å². The maximum Gasteiger partial charge on any atom is 0.118 e. The third-order valence-corrected chi connectivity index (χ3v) is 3.13. The van der Waals surface area contributed by atoms with Crippen molar-refractivity contribution >= 4 is 0 Å². The van der Waals surface area contributed by atoms with Crippen molar-refractivity contribution < 1.29 is 4.74 Å². The second-order valence-corrected chi connectivity index (χ2v) is 4.31. The molecule has 2 rings (SSSR count). The molecule has 0 N–H and O–H groups in total. The molecule has 0 aliphatic rings. The summed E-state index contributed by atoms with van der Waals surface area (Å²) in [5, 5.41) is 0. The predicted octanol–water partition coefficient (Wildman–Crippen LogP) is 4.21. The Kier molecular flexibility index (Phi) is 4.19. The molecule has 0 bridgehead atoms. The first-order valence-electron chi connectivity index (χ1n) is 6.14. The van der Waals surface area contributed by atoms with Crippen LogP contribution in [-0.2, 0) is 6.42 Å². The van der Waals surface area contributed by atoms with Gasteiger partial charge in [0.15, 0.2) is 0 Å². The third-order valence-electron chi connectivity index (χ3n) is 3.13. The van der Waals surface area contributed by atoms with Crippen LogP contribution in [0.15, 0.2) is 67.3 Å². The van der Waals surface area contributed by atoms with Crippen LogP contribution in [0.5, 0.6) is 5.75 Å². The number of methoxy groups -OCH3 is 1. The van der Waals surface area contributed by atoms with E-state index in [2.05, 4.69) is 43.0 Å². The summed E-state index contributed by atoms with van der Waals surface area (Å²) in [6.45, 7) is 3.94. The van der Waals surface area contributed by atoms with E-state index in [9.17, 15) is 0 Å². The fraction of sp³-hybridized carbons (Fsp3) is 0.176. The van der Waals surface area contributed by atoms with E-state index in [-0.39, 0.29) is 0 Å². The second-order valence-electron chi connectivity index (χ2n) is 4.31. The lowest BCUT2D eigenvalue weighted by Gasteiger charge is -2.13. The number of allylic oxidation sites excluding steroid dienone is 1. The molecule has 0 saturated heterocycles. The van der Waals surface area contributed by atoms with Gasteiger partial charge in [0.05, 0.1) is 7.11 Å². The molecule has 1 nitrogen and oxygen atoms in total. The van der Waals surface area contributed by atoms with Crippen molar-refractivity contribution in [1.29, 1.82) is 0 Å². The molecule has 0 saturated carbocycles. The van der Waals surface area contributed by atoms with Gasteiger partial charge < -0.3 is 4.74 Å². The van der Waals surface area contributed by atoms with Gasteiger partial charge in [0.1, 0.15) is 5.75 Å². The van der Waals surface area contributed by atoms with Crippen LogP contribution in [0.25, 0.3) is 0 Å². The molecule has 18 heavy (non-hydrogen) atoms. The minimum atomic E-state index is 0.361. The third kappa shape index (κ3) is 3.01. The number of rotatable bonds is 5. The van der Waals surface area contributed by atoms with Crippen LogP contribution in [0.1, 0.15) is 17.0 Å². The lowest BCUT2D eigenvalue weighted by molar-refractivity contribution is 0.414. The molecule has 0 aliphatic carbocycles. The van der Waals surface area contributed by atoms with Crippen LogP contribution in [0.2, 0.25) is 0 Å². The lowest BCUT2D eigenvalue weighted by atomic mass is 9.92. The van der Waals surface area contributed by atoms with Crippen LogP contribution in [-0.4, -0.2) is 7.11 Å². The van der Waals surface area contributed by atoms with E-state index in [1.807, 2.05) is 24.3 Å². The summed E-state index contributed by atoms with van der Waals surface area (Å²) < 4.78 is 5.16. The van der Waals surface area contributed by atoms with Crippen LogP contribution in [0.3, 0.4) is 0 Å². The predicted molar refractivity (Wildman–Crippen MR) is 76.1 cm³/mol. The summed E-state index contributed by atoms with van der Waals surface area (Å²) in [7, 11) is 1.69. The monoisotopic (exact) mass is 238 g/mol. The van der Waals surface area contributed by atoms with Gasteiger partial charge in [-0.25, -0.2) is 0 Å². The summed E-state index contributed by atoms with van der Waals surface area (Å²) in [5.41, 5.74) is 2.60. The minimum Gasteiger partial charge on any atom is -0.497 e. The van der Waals surface area contributed by atoms with Crippen molar-refractivity contribution in [1.82, 2.24) is 0 Å². The highest BCUT2D eigenvalue weighted by molar-refractivity contribution is 5.31. The smallest absolute Gasteiger partial charge is 0.118 e. The van der Waals surface area contributed by atoms with E-state index < -0.39 is 0 Å². The Labute approximate surface area is 109 Å². The maximum absolute atomic E-state index is 5.16. The van der Waals surface area contributed by atoms with Gasteiger partial charge in [-0.05, 0) is 29.7 Å². The standard InChI is InChI=1S/C17H18O/c1-3-15(16-7-5-4-6-8-16)13-14-9-11-17(18-2)12-10-14/h3-12,15H,1,13H2,2H3. The van der Waals surface area contributed by atoms with Gasteiger partial charge in [-0.2, -0.15) is 0 Å². The van der Waals surface area contributed by atoms with Crippen molar-refractivity contribution in [2.45, 2.75) is 12.3 Å². The largest absolute Gasteiger partial charge is 0.497 e. The highest BCUT2D eigenvalue weighted by Crippen LogP contribution is 2.23. The Balaban J connectivity index is 2.13. The van der Waals surface area contributed by atoms with Crippen molar-refractivity contribution in [3.05, 3.63) is 78.4 Å². The quantitative estimate of drug-likeness (QED) is 0.709. The maximum atomic E-state index is 5.16. The van der Waals surface area contributed by atoms with Gasteiger partial charge in [-0.3, -0.25) is 0 Å². The van der Waals surface area contributed by atoms with Gasteiger partial charge in [-0.15, -0.1) is 6.58 Å². The van der Waals surface area contributed by atoms with Gasteiger partial charge in [0.2, 0.25) is 0 Å². The molecule has 0 spiro atoms. The summed E-state index contributed by atoms with van der Waals surface area (Å²) in [6, 6.07) is 18.7. The summed E-state index contributed by atoms with van der Waals surface area (Å²) >= 11 is 0. The van der Waals surface area contributed by atoms with Crippen molar-refractivity contribution in [3.8, 4) is 5.75 Å². The number of hydrogen-bond acceptors (Lipinski definition) is 1. The average molecular weight is 238 g/mol. The van der Waals surface area contributed by atoms with Crippen molar-refractivity contribution in [3.63, 3.8) is 0 Å². The van der Waals surface area contributed by atoms with Crippen molar-refractivity contribution in [2.75, 3.05) is 7.11 Å². The molecule has 0 aromatic heterocycles. The zero-order valence-electron chi connectivity index (χ0n) is 10.7. The zero-order chi connectivity index (χ0) is 12.8. The topological polar surface area (TPSA) is 9.23 Å². The molecular formula is C17H18O. The van der Waals surface area contributed by atoms with E-state index in [0.717, 1.165) is 12.2 Å². The summed E-state index contributed by atoms with van der Waals surface area (Å²) in [4.78, 5) is 0. The Morgan fingerprint density at radius 2 is 1.72 bits per heavy atom. The summed E-state index contributed by atoms with van der Waals surface area (Å²) in [6.07, 6.45) is 2.98. The van der Waals surface area contributed by atoms with Crippen LogP contribution in [0, 0.1) is 0 Å². The van der Waals surface area contributed by atoms with Gasteiger partial charge in [0, 0.05) is 5.92 Å². The molecular weight excluding hydrogens is 220 g/mol. The molecule has 2 aromatic carbocycles. The average Bonchev–Trinajstić information content (AvgIpc) is 2.46. The van der Waals surface area contributed by atoms with E-state index >= 15 is 0 Å². The fourth-order valence-corrected chi connectivity index (χ4v) is 2.05. The van der Waals surface area contributed by atoms with E-state index in [1.165, 1.54) is 11.1 Å². The first-order chi connectivity index (χ1) is 8.83. The van der Waals surface area contributed by atoms with Gasteiger partial charge >= 0.3 is 0 Å². The van der Waals surface area contributed by atoms with E-state index in [1.54, 1.807) is 7.11 Å². The molecule has 0 fully saturated rings. The van der Waals surface area contributed by atoms with Crippen LogP contribution >= 0.6 is 0 Å². The van der Waals surface area contributed by atoms with Gasteiger partial charge in [-0.1, -0.05) is 48.5 Å². The highest BCUT2D eigenvalue weighted by Gasteiger charge is 2.07. The highest BCUT2D eigenvalue weighted by atomic mass is 16.5. The zero-order valence-corrected chi connectivity index (χ0v) is 10.7. The number of hydrogen-bond donors (Lipinski definition) is 0. The molecule has 0 aliphatic heterocycles. The van der Waals surface area contributed by atoms with Crippen LogP contribution in [0.4, 0.5) is 0 Å². The van der Waals surface area contributed by atoms with Crippen molar-refractivity contribution in [2.24, 2.45) is 0 Å². The summed E-state index contributed by atoms with van der Waals surface area (Å²) in [5.74, 6) is 1.26. The molecule has 1 atom stereocenters. The Morgan fingerprint density at radius 1 is 1.06 bits per heavy atom. The van der Waals surface area contributed by atoms with E-state index in [0.29, 0.717) is 5.92 Å². The minimum absolute atomic E-state index is 0.361. The lowest BCUT2D eigenvalue weighted by Crippen LogP contribution is -1.99. The number of ether oxygens (including phenoxy) is 1. The van der Waals surface area contributed by atoms with E-state index in [4.69, 9.17) is 4.74 Å². The number of benzene rings is 2.